The van der Waals surface area contributed by atoms with Gasteiger partial charge >= 0.3 is 0 Å². The van der Waals surface area contributed by atoms with Crippen molar-refractivity contribution < 1.29 is 14.6 Å². The number of nitro groups is 1. The van der Waals surface area contributed by atoms with Crippen molar-refractivity contribution in [2.75, 3.05) is 5.32 Å². The zero-order valence-corrected chi connectivity index (χ0v) is 16.0. The number of halogens is 1. The first kappa shape index (κ1) is 19.5. The summed E-state index contributed by atoms with van der Waals surface area (Å²) in [4.78, 5) is 10.8. The number of nitrogens with one attached hydrogen (secondary N) is 1. The van der Waals surface area contributed by atoms with Crippen LogP contribution in [0.1, 0.15) is 5.56 Å². The lowest BCUT2D eigenvalue weighted by molar-refractivity contribution is -0.575. The number of hydrogen-bond acceptors (Lipinski definition) is 4. The Morgan fingerprint density at radius 2 is 1.79 bits per heavy atom. The minimum absolute atomic E-state index is 0.129. The molecule has 2 N–H and O–H groups in total. The molecule has 0 aliphatic rings. The van der Waals surface area contributed by atoms with Crippen molar-refractivity contribution in [3.63, 3.8) is 0 Å². The van der Waals surface area contributed by atoms with Crippen LogP contribution in [0.25, 0.3) is 11.5 Å². The van der Waals surface area contributed by atoms with E-state index in [1.54, 1.807) is 59.4 Å². The first-order valence-corrected chi connectivity index (χ1v) is 8.96. The average Bonchev–Trinajstić information content (AvgIpc) is 2.69. The van der Waals surface area contributed by atoms with Crippen LogP contribution in [-0.2, 0) is 0 Å². The monoisotopic (exact) mass is 412 g/mol. The first-order chi connectivity index (χ1) is 13.5. The molecule has 0 saturated heterocycles. The van der Waals surface area contributed by atoms with Gasteiger partial charge in [-0.2, -0.15) is 4.57 Å². The number of nitrogens with zero attached hydrogens (tertiary/aromatic N) is 2. The smallest absolute Gasteiger partial charge is 0.288 e. The minimum Gasteiger partial charge on any atom is -0.502 e. The molecule has 0 aliphatic carbocycles. The number of hydrogen-bond donors (Lipinski definition) is 2. The predicted molar refractivity (Wildman–Crippen MR) is 113 cm³/mol. The molecule has 6 nitrogen and oxygen atoms in total. The molecule has 3 aromatic rings. The molecule has 0 amide bonds. The van der Waals surface area contributed by atoms with Crippen LogP contribution in [0.5, 0.6) is 0 Å². The van der Waals surface area contributed by atoms with Gasteiger partial charge in [-0.05, 0) is 18.2 Å². The van der Waals surface area contributed by atoms with Crippen molar-refractivity contribution in [3.8, 4) is 0 Å². The molecule has 0 radical (unpaired) electrons. The van der Waals surface area contributed by atoms with Gasteiger partial charge in [-0.3, -0.25) is 10.1 Å². The zero-order chi connectivity index (χ0) is 20.1. The Labute approximate surface area is 171 Å². The van der Waals surface area contributed by atoms with Crippen molar-refractivity contribution in [2.45, 2.75) is 0 Å². The zero-order valence-electron chi connectivity index (χ0n) is 14.4. The third-order valence-corrected chi connectivity index (χ3v) is 4.36. The highest BCUT2D eigenvalue weighted by Gasteiger charge is 2.24. The van der Waals surface area contributed by atoms with E-state index in [1.165, 1.54) is 18.2 Å². The quantitative estimate of drug-likeness (QED) is 0.156. The summed E-state index contributed by atoms with van der Waals surface area (Å²) < 4.78 is 1.63. The van der Waals surface area contributed by atoms with Crippen LogP contribution in [0.15, 0.2) is 79.1 Å². The first-order valence-electron chi connectivity index (χ1n) is 8.17. The van der Waals surface area contributed by atoms with Crippen molar-refractivity contribution in [2.24, 2.45) is 0 Å². The van der Waals surface area contributed by atoms with Crippen LogP contribution in [0.3, 0.4) is 0 Å². The normalized spacial score (nSPS) is 11.5. The molecule has 140 valence electrons. The van der Waals surface area contributed by atoms with E-state index in [-0.39, 0.29) is 27.7 Å². The number of anilines is 1. The second kappa shape index (κ2) is 8.60. The number of benzene rings is 2. The molecule has 1 heterocycles. The summed E-state index contributed by atoms with van der Waals surface area (Å²) in [5.41, 5.74) is 1.07. The van der Waals surface area contributed by atoms with Gasteiger partial charge in [0, 0.05) is 40.5 Å². The van der Waals surface area contributed by atoms with Crippen LogP contribution in [0.4, 0.5) is 11.4 Å². The number of rotatable bonds is 5. The molecule has 3 rings (SSSR count). The number of nitro benzene ring substituents is 1. The SMILES string of the molecule is O=[N+]([O-])c1cccc(/C(O)=C(\C(=S)Nc2cccc(Cl)c2)[n+]2ccccc2)c1. The fourth-order valence-electron chi connectivity index (χ4n) is 2.55. The number of thiocarbonyl (C=S) groups is 1. The van der Waals surface area contributed by atoms with Gasteiger partial charge in [0.25, 0.3) is 11.4 Å². The summed E-state index contributed by atoms with van der Waals surface area (Å²) in [5.74, 6) is -0.195. The summed E-state index contributed by atoms with van der Waals surface area (Å²) in [6.07, 6.45) is 3.43. The highest BCUT2D eigenvalue weighted by atomic mass is 35.5. The van der Waals surface area contributed by atoms with Crippen molar-refractivity contribution >= 4 is 51.6 Å². The summed E-state index contributed by atoms with van der Waals surface area (Å²) >= 11 is 11.5. The highest BCUT2D eigenvalue weighted by molar-refractivity contribution is 7.81. The van der Waals surface area contributed by atoms with E-state index in [2.05, 4.69) is 5.32 Å². The molecular formula is C20H15ClN3O3S+. The Kier molecular flexibility index (Phi) is 5.98. The molecule has 0 atom stereocenters. The van der Waals surface area contributed by atoms with Gasteiger partial charge in [0.15, 0.2) is 23.1 Å². The summed E-state index contributed by atoms with van der Waals surface area (Å²) in [6.45, 7) is 0. The third-order valence-electron chi connectivity index (χ3n) is 3.83. The van der Waals surface area contributed by atoms with E-state index in [0.717, 1.165) is 0 Å². The topological polar surface area (TPSA) is 79.3 Å². The number of aliphatic hydroxyl groups is 1. The summed E-state index contributed by atoms with van der Waals surface area (Å²) in [5, 5.41) is 25.6. The molecule has 0 fully saturated rings. The summed E-state index contributed by atoms with van der Waals surface area (Å²) in [7, 11) is 0. The number of aliphatic hydroxyl groups excluding tert-OH is 1. The molecule has 2 aromatic carbocycles. The van der Waals surface area contributed by atoms with E-state index in [9.17, 15) is 15.2 Å². The standard InChI is InChI=1S/C20H14ClN3O3S/c21-15-7-5-8-16(13-15)22-20(28)18(23-10-2-1-3-11-23)19(25)14-6-4-9-17(12-14)24(26)27/h1-13H,(H-,22,25,28)/p+1. The maximum absolute atomic E-state index is 11.1. The second-order valence-corrected chi connectivity index (χ2v) is 6.60. The average molecular weight is 413 g/mol. The molecular weight excluding hydrogens is 398 g/mol. The maximum Gasteiger partial charge on any atom is 0.288 e. The van der Waals surface area contributed by atoms with E-state index < -0.39 is 4.92 Å². The molecule has 0 spiro atoms. The second-order valence-electron chi connectivity index (χ2n) is 5.75. The number of non-ortho nitro benzene ring substituents is 1. The van der Waals surface area contributed by atoms with Gasteiger partial charge in [-0.25, -0.2) is 0 Å². The van der Waals surface area contributed by atoms with Crippen LogP contribution < -0.4 is 9.88 Å². The number of aromatic nitrogens is 1. The third kappa shape index (κ3) is 4.51. The van der Waals surface area contributed by atoms with Gasteiger partial charge in [-0.15, -0.1) is 0 Å². The lowest BCUT2D eigenvalue weighted by Crippen LogP contribution is -2.38. The van der Waals surface area contributed by atoms with Crippen LogP contribution in [0, 0.1) is 10.1 Å². The van der Waals surface area contributed by atoms with Crippen LogP contribution >= 0.6 is 23.8 Å². The van der Waals surface area contributed by atoms with Gasteiger partial charge in [-0.1, -0.05) is 48.1 Å². The molecule has 0 saturated carbocycles. The Morgan fingerprint density at radius 3 is 2.46 bits per heavy atom. The lowest BCUT2D eigenvalue weighted by Gasteiger charge is -2.10. The molecule has 0 unspecified atom stereocenters. The van der Waals surface area contributed by atoms with E-state index in [4.69, 9.17) is 23.8 Å². The predicted octanol–water partition coefficient (Wildman–Crippen LogP) is 4.86. The van der Waals surface area contributed by atoms with Crippen molar-refractivity contribution in [1.82, 2.24) is 0 Å². The van der Waals surface area contributed by atoms with Crippen molar-refractivity contribution in [1.29, 1.82) is 0 Å². The molecule has 0 bridgehead atoms. The van der Waals surface area contributed by atoms with Gasteiger partial charge in [0.05, 0.1) is 4.92 Å². The van der Waals surface area contributed by atoms with Crippen molar-refractivity contribution in [3.05, 3.63) is 99.8 Å². The van der Waals surface area contributed by atoms with Crippen LogP contribution in [0.2, 0.25) is 5.02 Å². The van der Waals surface area contributed by atoms with E-state index in [1.807, 2.05) is 6.07 Å². The highest BCUT2D eigenvalue weighted by Crippen LogP contribution is 2.23. The largest absolute Gasteiger partial charge is 0.502 e. The Morgan fingerprint density at radius 1 is 1.07 bits per heavy atom. The number of pyridine rings is 1. The van der Waals surface area contributed by atoms with Crippen LogP contribution in [-0.4, -0.2) is 15.0 Å². The Bertz CT molecular complexity index is 1070. The Balaban J connectivity index is 2.09. The van der Waals surface area contributed by atoms with Gasteiger partial charge in [0.1, 0.15) is 0 Å². The lowest BCUT2D eigenvalue weighted by atomic mass is 10.1. The van der Waals surface area contributed by atoms with E-state index in [0.29, 0.717) is 10.7 Å². The Hall–Kier alpha value is -3.29. The molecule has 1 aromatic heterocycles. The fourth-order valence-corrected chi connectivity index (χ4v) is 3.07. The van der Waals surface area contributed by atoms with E-state index >= 15 is 0 Å². The summed E-state index contributed by atoms with van der Waals surface area (Å²) in [6, 6.07) is 18.1. The maximum atomic E-state index is 11.1. The molecule has 0 aliphatic heterocycles. The van der Waals surface area contributed by atoms with Gasteiger partial charge < -0.3 is 10.4 Å². The fraction of sp³-hybridized carbons (Fsp3) is 0. The molecule has 28 heavy (non-hydrogen) atoms. The minimum atomic E-state index is -0.519. The molecule has 8 heteroatoms. The van der Waals surface area contributed by atoms with Gasteiger partial charge in [0.2, 0.25) is 0 Å².